The summed E-state index contributed by atoms with van der Waals surface area (Å²) in [7, 11) is 0. The second-order valence-electron chi connectivity index (χ2n) is 7.61. The van der Waals surface area contributed by atoms with E-state index in [0.717, 1.165) is 6.54 Å². The molecule has 1 aliphatic carbocycles. The van der Waals surface area contributed by atoms with Crippen LogP contribution in [-0.2, 0) is 6.54 Å². The smallest absolute Gasteiger partial charge is 0.103 e. The standard InChI is InChI=1S/C25H25NS/c1-3-15-26-17(2)23(22-14-16-27-25(22)26)24(19-10-6-11-19)21-13-7-9-18-8-4-5-12-20(18)21/h4-5,7-9,12-14,16H,3,6,10-11,15H2,1-2H3. The van der Waals surface area contributed by atoms with Gasteiger partial charge in [0.15, 0.2) is 0 Å². The summed E-state index contributed by atoms with van der Waals surface area (Å²) >= 11 is 1.88. The van der Waals surface area contributed by atoms with Crippen molar-refractivity contribution in [1.82, 2.24) is 4.57 Å². The fourth-order valence-electron chi connectivity index (χ4n) is 4.54. The van der Waals surface area contributed by atoms with Gasteiger partial charge in [-0.1, -0.05) is 55.0 Å². The number of aromatic nitrogens is 1. The van der Waals surface area contributed by atoms with E-state index in [0.29, 0.717) is 0 Å². The maximum Gasteiger partial charge on any atom is 0.103 e. The molecular weight excluding hydrogens is 346 g/mol. The minimum Gasteiger partial charge on any atom is -0.336 e. The Kier molecular flexibility index (Phi) is 4.17. The van der Waals surface area contributed by atoms with Crippen molar-refractivity contribution in [3.05, 3.63) is 76.3 Å². The number of benzene rings is 2. The van der Waals surface area contributed by atoms with Crippen molar-refractivity contribution in [3.8, 4) is 0 Å². The molecule has 2 aromatic heterocycles. The largest absolute Gasteiger partial charge is 0.336 e. The SMILES string of the molecule is CCCn1c(C)c(C(=C2CCC2)c2cccc3ccccc23)c2ccsc21. The third-order valence-corrected chi connectivity index (χ3v) is 6.93. The summed E-state index contributed by atoms with van der Waals surface area (Å²) in [6.45, 7) is 5.69. The molecule has 2 heterocycles. The van der Waals surface area contributed by atoms with E-state index in [4.69, 9.17) is 0 Å². The molecule has 0 aliphatic heterocycles. The molecule has 1 saturated carbocycles. The summed E-state index contributed by atoms with van der Waals surface area (Å²) in [4.78, 5) is 1.43. The number of nitrogens with zero attached hydrogens (tertiary/aromatic N) is 1. The van der Waals surface area contributed by atoms with Crippen molar-refractivity contribution in [2.75, 3.05) is 0 Å². The van der Waals surface area contributed by atoms with Gasteiger partial charge in [-0.3, -0.25) is 0 Å². The number of aryl methyl sites for hydroxylation is 1. The highest BCUT2D eigenvalue weighted by molar-refractivity contribution is 7.16. The van der Waals surface area contributed by atoms with Crippen molar-refractivity contribution in [3.63, 3.8) is 0 Å². The minimum absolute atomic E-state index is 1.10. The van der Waals surface area contributed by atoms with Gasteiger partial charge < -0.3 is 4.57 Å². The van der Waals surface area contributed by atoms with Crippen LogP contribution >= 0.6 is 11.3 Å². The van der Waals surface area contributed by atoms with E-state index in [1.54, 1.807) is 5.57 Å². The fourth-order valence-corrected chi connectivity index (χ4v) is 5.53. The Morgan fingerprint density at radius 3 is 2.59 bits per heavy atom. The molecule has 5 rings (SSSR count). The Morgan fingerprint density at radius 1 is 1.00 bits per heavy atom. The van der Waals surface area contributed by atoms with E-state index in [9.17, 15) is 0 Å². The summed E-state index contributed by atoms with van der Waals surface area (Å²) < 4.78 is 2.54. The lowest BCUT2D eigenvalue weighted by atomic mass is 9.80. The van der Waals surface area contributed by atoms with E-state index in [2.05, 4.69) is 72.3 Å². The van der Waals surface area contributed by atoms with Gasteiger partial charge in [-0.25, -0.2) is 0 Å². The number of thiophene rings is 1. The molecule has 0 N–H and O–H groups in total. The average Bonchev–Trinajstić information content (AvgIpc) is 3.21. The minimum atomic E-state index is 1.10. The van der Waals surface area contributed by atoms with Gasteiger partial charge in [0.25, 0.3) is 0 Å². The molecule has 0 bridgehead atoms. The quantitative estimate of drug-likeness (QED) is 0.349. The highest BCUT2D eigenvalue weighted by Gasteiger charge is 2.25. The predicted molar refractivity (Wildman–Crippen MR) is 119 cm³/mol. The molecule has 2 aromatic carbocycles. The van der Waals surface area contributed by atoms with Crippen molar-refractivity contribution < 1.29 is 0 Å². The van der Waals surface area contributed by atoms with Crippen LogP contribution < -0.4 is 0 Å². The van der Waals surface area contributed by atoms with Gasteiger partial charge in [0.1, 0.15) is 4.83 Å². The summed E-state index contributed by atoms with van der Waals surface area (Å²) in [6.07, 6.45) is 4.97. The van der Waals surface area contributed by atoms with Gasteiger partial charge in [-0.15, -0.1) is 11.3 Å². The number of allylic oxidation sites excluding steroid dienone is 1. The van der Waals surface area contributed by atoms with Gasteiger partial charge in [0, 0.05) is 23.2 Å². The summed E-state index contributed by atoms with van der Waals surface area (Å²) in [6, 6.07) is 17.9. The Balaban J connectivity index is 1.84. The highest BCUT2D eigenvalue weighted by atomic mass is 32.1. The second-order valence-corrected chi connectivity index (χ2v) is 8.50. The van der Waals surface area contributed by atoms with Gasteiger partial charge in [0.05, 0.1) is 0 Å². The molecule has 2 heteroatoms. The molecule has 136 valence electrons. The molecule has 0 spiro atoms. The Hall–Kier alpha value is -2.32. The maximum atomic E-state index is 2.54. The second kappa shape index (κ2) is 6.69. The molecule has 27 heavy (non-hydrogen) atoms. The van der Waals surface area contributed by atoms with Crippen LogP contribution in [0.25, 0.3) is 26.6 Å². The Morgan fingerprint density at radius 2 is 1.81 bits per heavy atom. The Bertz CT molecular complexity index is 1160. The molecule has 4 aromatic rings. The number of rotatable bonds is 4. The molecule has 0 atom stereocenters. The summed E-state index contributed by atoms with van der Waals surface area (Å²) in [5, 5.41) is 6.40. The van der Waals surface area contributed by atoms with Crippen LogP contribution in [0.4, 0.5) is 0 Å². The molecule has 1 aliphatic rings. The molecular formula is C25H25NS. The van der Waals surface area contributed by atoms with Gasteiger partial charge in [0.2, 0.25) is 0 Å². The normalized spacial score (nSPS) is 14.1. The van der Waals surface area contributed by atoms with E-state index in [-0.39, 0.29) is 0 Å². The first kappa shape index (κ1) is 16.8. The van der Waals surface area contributed by atoms with Gasteiger partial charge in [-0.05, 0) is 66.0 Å². The summed E-state index contributed by atoms with van der Waals surface area (Å²) in [5.74, 6) is 0. The third kappa shape index (κ3) is 2.58. The molecule has 0 radical (unpaired) electrons. The van der Waals surface area contributed by atoms with Crippen LogP contribution in [-0.4, -0.2) is 4.57 Å². The first-order valence-corrected chi connectivity index (χ1v) is 10.9. The average molecular weight is 372 g/mol. The first-order chi connectivity index (χ1) is 13.3. The van der Waals surface area contributed by atoms with Crippen molar-refractivity contribution in [2.45, 2.75) is 46.1 Å². The number of hydrogen-bond donors (Lipinski definition) is 0. The van der Waals surface area contributed by atoms with Gasteiger partial charge in [-0.2, -0.15) is 0 Å². The predicted octanol–water partition coefficient (Wildman–Crippen LogP) is 7.56. The van der Waals surface area contributed by atoms with E-state index < -0.39 is 0 Å². The number of fused-ring (bicyclic) bond motifs is 2. The van der Waals surface area contributed by atoms with Gasteiger partial charge >= 0.3 is 0 Å². The van der Waals surface area contributed by atoms with Crippen LogP contribution in [0.2, 0.25) is 0 Å². The molecule has 0 saturated heterocycles. The third-order valence-electron chi connectivity index (χ3n) is 5.99. The van der Waals surface area contributed by atoms with E-state index in [1.165, 1.54) is 69.1 Å². The fraction of sp³-hybridized carbons (Fsp3) is 0.280. The van der Waals surface area contributed by atoms with Crippen LogP contribution in [0, 0.1) is 6.92 Å². The van der Waals surface area contributed by atoms with Crippen LogP contribution in [0.5, 0.6) is 0 Å². The zero-order valence-corrected chi connectivity index (χ0v) is 16.9. The Labute approximate surface area is 165 Å². The van der Waals surface area contributed by atoms with Crippen molar-refractivity contribution >= 4 is 37.9 Å². The summed E-state index contributed by atoms with van der Waals surface area (Å²) in [5.41, 5.74) is 7.46. The van der Waals surface area contributed by atoms with E-state index in [1.807, 2.05) is 11.3 Å². The lowest BCUT2D eigenvalue weighted by Crippen LogP contribution is -2.05. The zero-order chi connectivity index (χ0) is 18.4. The van der Waals surface area contributed by atoms with Crippen LogP contribution in [0.3, 0.4) is 0 Å². The van der Waals surface area contributed by atoms with Crippen LogP contribution in [0.15, 0.2) is 59.5 Å². The lowest BCUT2D eigenvalue weighted by molar-refractivity contribution is 0.665. The topological polar surface area (TPSA) is 4.93 Å². The first-order valence-electron chi connectivity index (χ1n) is 10.1. The van der Waals surface area contributed by atoms with E-state index >= 15 is 0 Å². The van der Waals surface area contributed by atoms with Crippen molar-refractivity contribution in [2.24, 2.45) is 0 Å². The van der Waals surface area contributed by atoms with Crippen molar-refractivity contribution in [1.29, 1.82) is 0 Å². The maximum absolute atomic E-state index is 2.54. The van der Waals surface area contributed by atoms with Crippen LogP contribution in [0.1, 0.15) is 49.4 Å². The molecule has 0 unspecified atom stereocenters. The monoisotopic (exact) mass is 371 g/mol. The molecule has 1 nitrogen and oxygen atoms in total. The highest BCUT2D eigenvalue weighted by Crippen LogP contribution is 2.45. The molecule has 0 amide bonds. The number of hydrogen-bond acceptors (Lipinski definition) is 1. The lowest BCUT2D eigenvalue weighted by Gasteiger charge is -2.24. The zero-order valence-electron chi connectivity index (χ0n) is 16.1. The molecule has 1 fully saturated rings.